The fourth-order valence-electron chi connectivity index (χ4n) is 2.65. The van der Waals surface area contributed by atoms with Crippen LogP contribution in [-0.4, -0.2) is 27.8 Å². The van der Waals surface area contributed by atoms with E-state index in [4.69, 9.17) is 11.6 Å². The Morgan fingerprint density at radius 1 is 1.32 bits per heavy atom. The number of benzene rings is 1. The Labute approximate surface area is 118 Å². The lowest BCUT2D eigenvalue weighted by Crippen LogP contribution is -2.47. The van der Waals surface area contributed by atoms with Gasteiger partial charge in [-0.2, -0.15) is 5.10 Å². The van der Waals surface area contributed by atoms with Gasteiger partial charge in [0.2, 0.25) is 0 Å². The van der Waals surface area contributed by atoms with E-state index in [0.29, 0.717) is 5.92 Å². The van der Waals surface area contributed by atoms with Gasteiger partial charge in [0.15, 0.2) is 0 Å². The van der Waals surface area contributed by atoms with Crippen molar-refractivity contribution in [3.63, 3.8) is 0 Å². The van der Waals surface area contributed by atoms with Gasteiger partial charge >= 0.3 is 0 Å². The molecular formula is C15H18ClN3. The van der Waals surface area contributed by atoms with Crippen molar-refractivity contribution >= 4 is 11.6 Å². The number of hydrogen-bond donors (Lipinski definition) is 0. The topological polar surface area (TPSA) is 21.1 Å². The molecule has 0 bridgehead atoms. The minimum absolute atomic E-state index is 0.694. The van der Waals surface area contributed by atoms with Gasteiger partial charge in [-0.15, -0.1) is 0 Å². The third-order valence-corrected chi connectivity index (χ3v) is 3.93. The summed E-state index contributed by atoms with van der Waals surface area (Å²) in [5.41, 5.74) is 2.81. The molecule has 0 aliphatic carbocycles. The Morgan fingerprint density at radius 2 is 2.11 bits per heavy atom. The number of hydrogen-bond acceptors (Lipinski definition) is 2. The quantitative estimate of drug-likeness (QED) is 0.855. The van der Waals surface area contributed by atoms with Crippen molar-refractivity contribution < 1.29 is 0 Å². The molecule has 1 aliphatic rings. The van der Waals surface area contributed by atoms with Gasteiger partial charge in [-0.05, 0) is 18.1 Å². The molecule has 0 saturated carbocycles. The summed E-state index contributed by atoms with van der Waals surface area (Å²) in [6, 6.07) is 8.61. The summed E-state index contributed by atoms with van der Waals surface area (Å²) in [6.07, 6.45) is 3.59. The molecule has 2 aromatic rings. The minimum Gasteiger partial charge on any atom is -0.298 e. The lowest BCUT2D eigenvalue weighted by molar-refractivity contribution is 0.0776. The molecule has 100 valence electrons. The van der Waals surface area contributed by atoms with Crippen LogP contribution in [0.15, 0.2) is 36.7 Å². The predicted octanol–water partition coefficient (Wildman–Crippen LogP) is 2.98. The van der Waals surface area contributed by atoms with Gasteiger partial charge in [-0.1, -0.05) is 35.9 Å². The molecule has 1 aromatic heterocycles. The maximum atomic E-state index is 5.86. The van der Waals surface area contributed by atoms with E-state index >= 15 is 0 Å². The van der Waals surface area contributed by atoms with Gasteiger partial charge < -0.3 is 0 Å². The first-order chi connectivity index (χ1) is 9.20. The van der Waals surface area contributed by atoms with Crippen LogP contribution in [0.5, 0.6) is 0 Å². The van der Waals surface area contributed by atoms with Crippen molar-refractivity contribution in [2.45, 2.75) is 20.0 Å². The SMILES string of the molecule is Cc1ccccc1CN1CC(Cn2cc(Cl)cn2)C1. The average Bonchev–Trinajstić information content (AvgIpc) is 2.75. The van der Waals surface area contributed by atoms with Crippen molar-refractivity contribution in [1.82, 2.24) is 14.7 Å². The second kappa shape index (κ2) is 5.35. The molecule has 0 amide bonds. The maximum absolute atomic E-state index is 5.86. The number of rotatable bonds is 4. The number of halogens is 1. The van der Waals surface area contributed by atoms with E-state index in [0.717, 1.165) is 31.2 Å². The van der Waals surface area contributed by atoms with Crippen LogP contribution in [0.3, 0.4) is 0 Å². The van der Waals surface area contributed by atoms with Crippen LogP contribution in [0, 0.1) is 12.8 Å². The van der Waals surface area contributed by atoms with Crippen LogP contribution in [0.2, 0.25) is 5.02 Å². The van der Waals surface area contributed by atoms with Crippen molar-refractivity contribution in [2.75, 3.05) is 13.1 Å². The van der Waals surface area contributed by atoms with Crippen molar-refractivity contribution in [3.8, 4) is 0 Å². The smallest absolute Gasteiger partial charge is 0.0785 e. The molecule has 0 unspecified atom stereocenters. The van der Waals surface area contributed by atoms with Gasteiger partial charge in [0.25, 0.3) is 0 Å². The van der Waals surface area contributed by atoms with E-state index in [-0.39, 0.29) is 0 Å². The zero-order valence-electron chi connectivity index (χ0n) is 11.1. The highest BCUT2D eigenvalue weighted by Gasteiger charge is 2.27. The summed E-state index contributed by atoms with van der Waals surface area (Å²) >= 11 is 5.86. The minimum atomic E-state index is 0.694. The highest BCUT2D eigenvalue weighted by atomic mass is 35.5. The van der Waals surface area contributed by atoms with Gasteiger partial charge in [0.05, 0.1) is 11.2 Å². The van der Waals surface area contributed by atoms with Crippen LogP contribution in [0.25, 0.3) is 0 Å². The average molecular weight is 276 g/mol. The highest BCUT2D eigenvalue weighted by Crippen LogP contribution is 2.21. The molecule has 2 heterocycles. The molecule has 1 fully saturated rings. The first kappa shape index (κ1) is 12.7. The van der Waals surface area contributed by atoms with Gasteiger partial charge in [0, 0.05) is 38.3 Å². The van der Waals surface area contributed by atoms with Crippen LogP contribution >= 0.6 is 11.6 Å². The van der Waals surface area contributed by atoms with E-state index < -0.39 is 0 Å². The Morgan fingerprint density at radius 3 is 2.79 bits per heavy atom. The molecule has 0 radical (unpaired) electrons. The van der Waals surface area contributed by atoms with Gasteiger partial charge in [-0.25, -0.2) is 0 Å². The normalized spacial score (nSPS) is 16.5. The molecule has 0 spiro atoms. The summed E-state index contributed by atoms with van der Waals surface area (Å²) in [6.45, 7) is 6.50. The monoisotopic (exact) mass is 275 g/mol. The molecule has 4 heteroatoms. The zero-order chi connectivity index (χ0) is 13.2. The molecule has 0 atom stereocenters. The Hall–Kier alpha value is -1.32. The van der Waals surface area contributed by atoms with Crippen LogP contribution in [0.4, 0.5) is 0 Å². The first-order valence-corrected chi connectivity index (χ1v) is 7.03. The zero-order valence-corrected chi connectivity index (χ0v) is 11.8. The van der Waals surface area contributed by atoms with E-state index in [9.17, 15) is 0 Å². The van der Waals surface area contributed by atoms with E-state index in [1.807, 2.05) is 10.9 Å². The third kappa shape index (κ3) is 2.99. The fraction of sp³-hybridized carbons (Fsp3) is 0.400. The highest BCUT2D eigenvalue weighted by molar-refractivity contribution is 6.30. The van der Waals surface area contributed by atoms with Gasteiger partial charge in [0.1, 0.15) is 0 Å². The van der Waals surface area contributed by atoms with E-state index in [1.54, 1.807) is 6.20 Å². The number of aromatic nitrogens is 2. The summed E-state index contributed by atoms with van der Waals surface area (Å²) in [4.78, 5) is 2.48. The Kier molecular flexibility index (Phi) is 3.58. The number of nitrogens with zero attached hydrogens (tertiary/aromatic N) is 3. The first-order valence-electron chi connectivity index (χ1n) is 6.65. The maximum Gasteiger partial charge on any atom is 0.0785 e. The summed E-state index contributed by atoms with van der Waals surface area (Å²) < 4.78 is 1.94. The predicted molar refractivity (Wildman–Crippen MR) is 77.2 cm³/mol. The molecule has 1 aliphatic heterocycles. The third-order valence-electron chi connectivity index (χ3n) is 3.73. The molecular weight excluding hydrogens is 258 g/mol. The molecule has 0 N–H and O–H groups in total. The van der Waals surface area contributed by atoms with Crippen LogP contribution < -0.4 is 0 Å². The number of likely N-dealkylation sites (tertiary alicyclic amines) is 1. The largest absolute Gasteiger partial charge is 0.298 e. The van der Waals surface area contributed by atoms with Crippen molar-refractivity contribution in [3.05, 3.63) is 52.8 Å². The van der Waals surface area contributed by atoms with Gasteiger partial charge in [-0.3, -0.25) is 9.58 Å². The second-order valence-corrected chi connectivity index (χ2v) is 5.80. The lowest BCUT2D eigenvalue weighted by atomic mass is 9.98. The molecule has 1 aromatic carbocycles. The number of aryl methyl sites for hydroxylation is 1. The van der Waals surface area contributed by atoms with E-state index in [1.165, 1.54) is 11.1 Å². The summed E-state index contributed by atoms with van der Waals surface area (Å²) in [7, 11) is 0. The second-order valence-electron chi connectivity index (χ2n) is 5.37. The van der Waals surface area contributed by atoms with Crippen molar-refractivity contribution in [1.29, 1.82) is 0 Å². The Bertz CT molecular complexity index is 558. The molecule has 1 saturated heterocycles. The Balaban J connectivity index is 1.49. The summed E-state index contributed by atoms with van der Waals surface area (Å²) in [5.74, 6) is 0.694. The van der Waals surface area contributed by atoms with Crippen LogP contribution in [0.1, 0.15) is 11.1 Å². The molecule has 19 heavy (non-hydrogen) atoms. The van der Waals surface area contributed by atoms with E-state index in [2.05, 4.69) is 41.2 Å². The van der Waals surface area contributed by atoms with Crippen LogP contribution in [-0.2, 0) is 13.1 Å². The fourth-order valence-corrected chi connectivity index (χ4v) is 2.81. The lowest BCUT2D eigenvalue weighted by Gasteiger charge is -2.39. The standard InChI is InChI=1S/C15H18ClN3/c1-12-4-2-3-5-14(12)10-18-7-13(8-18)9-19-11-15(16)6-17-19/h2-6,11,13H,7-10H2,1H3. The molecule has 3 nitrogen and oxygen atoms in total. The van der Waals surface area contributed by atoms with Crippen molar-refractivity contribution in [2.24, 2.45) is 5.92 Å². The summed E-state index contributed by atoms with van der Waals surface area (Å²) in [5, 5.41) is 4.95. The molecule has 3 rings (SSSR count).